The van der Waals surface area contributed by atoms with Crippen molar-refractivity contribution in [2.75, 3.05) is 6.61 Å². The van der Waals surface area contributed by atoms with Crippen LogP contribution in [0.5, 0.6) is 6.01 Å². The number of hydrogen-bond acceptors (Lipinski definition) is 3. The first-order valence-corrected chi connectivity index (χ1v) is 3.89. The maximum Gasteiger partial charge on any atom is 0.422 e. The molecule has 0 bridgehead atoms. The minimum Gasteiger partial charge on any atom is -0.454 e. The Balaban J connectivity index is 2.68. The third-order valence-electron chi connectivity index (χ3n) is 1.33. The maximum atomic E-state index is 11.8. The normalized spacial score (nSPS) is 11.5. The van der Waals surface area contributed by atoms with E-state index in [4.69, 9.17) is 0 Å². The quantitative estimate of drug-likeness (QED) is 0.742. The van der Waals surface area contributed by atoms with E-state index in [1.54, 1.807) is 19.9 Å². The molecule has 0 aromatic carbocycles. The van der Waals surface area contributed by atoms with Gasteiger partial charge in [0, 0.05) is 11.4 Å². The Morgan fingerprint density at radius 1 is 1.21 bits per heavy atom. The molecule has 14 heavy (non-hydrogen) atoms. The average Bonchev–Trinajstić information content (AvgIpc) is 1.97. The van der Waals surface area contributed by atoms with E-state index in [2.05, 4.69) is 14.7 Å². The van der Waals surface area contributed by atoms with E-state index in [0.717, 1.165) is 0 Å². The van der Waals surface area contributed by atoms with Gasteiger partial charge in [0.2, 0.25) is 0 Å². The lowest BCUT2D eigenvalue weighted by Crippen LogP contribution is -2.20. The van der Waals surface area contributed by atoms with Gasteiger partial charge >= 0.3 is 12.2 Å². The molecule has 0 N–H and O–H groups in total. The molecule has 0 spiro atoms. The van der Waals surface area contributed by atoms with Crippen molar-refractivity contribution in [1.29, 1.82) is 0 Å². The summed E-state index contributed by atoms with van der Waals surface area (Å²) in [6, 6.07) is 1.42. The molecule has 0 unspecified atom stereocenters. The van der Waals surface area contributed by atoms with Gasteiger partial charge in [-0.05, 0) is 19.9 Å². The lowest BCUT2D eigenvalue weighted by Gasteiger charge is -2.08. The highest BCUT2D eigenvalue weighted by Crippen LogP contribution is 2.16. The van der Waals surface area contributed by atoms with Crippen LogP contribution < -0.4 is 4.74 Å². The molecular formula is C8H9F3N2O. The molecule has 0 saturated carbocycles. The molecule has 0 fully saturated rings. The summed E-state index contributed by atoms with van der Waals surface area (Å²) in [7, 11) is 0. The fourth-order valence-electron chi connectivity index (χ4n) is 0.905. The molecular weight excluding hydrogens is 197 g/mol. The third kappa shape index (κ3) is 3.59. The van der Waals surface area contributed by atoms with E-state index < -0.39 is 12.8 Å². The Bertz CT molecular complexity index is 305. The minimum absolute atomic E-state index is 0.236. The summed E-state index contributed by atoms with van der Waals surface area (Å²) in [5, 5.41) is 0. The van der Waals surface area contributed by atoms with Crippen LogP contribution in [-0.2, 0) is 0 Å². The predicted octanol–water partition coefficient (Wildman–Crippen LogP) is 2.03. The van der Waals surface area contributed by atoms with Crippen LogP contribution in [0.4, 0.5) is 13.2 Å². The van der Waals surface area contributed by atoms with Gasteiger partial charge in [-0.15, -0.1) is 0 Å². The summed E-state index contributed by atoms with van der Waals surface area (Å²) in [6.07, 6.45) is -4.36. The number of ether oxygens (including phenoxy) is 1. The van der Waals surface area contributed by atoms with Gasteiger partial charge in [-0.2, -0.15) is 13.2 Å². The van der Waals surface area contributed by atoms with E-state index in [1.165, 1.54) is 0 Å². The minimum atomic E-state index is -4.36. The van der Waals surface area contributed by atoms with Crippen LogP contribution in [-0.4, -0.2) is 22.8 Å². The van der Waals surface area contributed by atoms with Crippen LogP contribution in [0.25, 0.3) is 0 Å². The molecule has 0 radical (unpaired) electrons. The summed E-state index contributed by atoms with van der Waals surface area (Å²) in [4.78, 5) is 7.41. The van der Waals surface area contributed by atoms with Crippen molar-refractivity contribution in [3.05, 3.63) is 17.5 Å². The summed E-state index contributed by atoms with van der Waals surface area (Å²) in [5.74, 6) is 0. The Labute approximate surface area is 78.9 Å². The highest BCUT2D eigenvalue weighted by molar-refractivity contribution is 5.10. The van der Waals surface area contributed by atoms with Crippen molar-refractivity contribution in [3.63, 3.8) is 0 Å². The molecule has 1 heterocycles. The van der Waals surface area contributed by atoms with E-state index in [-0.39, 0.29) is 6.01 Å². The maximum absolute atomic E-state index is 11.8. The Kier molecular flexibility index (Phi) is 2.93. The zero-order valence-corrected chi connectivity index (χ0v) is 7.72. The number of hydrogen-bond donors (Lipinski definition) is 0. The zero-order valence-electron chi connectivity index (χ0n) is 7.72. The van der Waals surface area contributed by atoms with Gasteiger partial charge in [-0.1, -0.05) is 0 Å². The molecule has 0 aliphatic carbocycles. The number of aryl methyl sites for hydroxylation is 2. The summed E-state index contributed by atoms with van der Waals surface area (Å²) < 4.78 is 39.7. The number of nitrogens with zero attached hydrogens (tertiary/aromatic N) is 2. The third-order valence-corrected chi connectivity index (χ3v) is 1.33. The zero-order chi connectivity index (χ0) is 10.8. The van der Waals surface area contributed by atoms with Crippen LogP contribution in [0.1, 0.15) is 11.4 Å². The van der Waals surface area contributed by atoms with E-state index >= 15 is 0 Å². The van der Waals surface area contributed by atoms with E-state index in [9.17, 15) is 13.2 Å². The lowest BCUT2D eigenvalue weighted by atomic mass is 10.4. The highest BCUT2D eigenvalue weighted by Gasteiger charge is 2.28. The molecule has 0 amide bonds. The van der Waals surface area contributed by atoms with E-state index in [0.29, 0.717) is 11.4 Å². The van der Waals surface area contributed by atoms with Crippen LogP contribution in [0.2, 0.25) is 0 Å². The highest BCUT2D eigenvalue weighted by atomic mass is 19.4. The van der Waals surface area contributed by atoms with Crippen molar-refractivity contribution in [1.82, 2.24) is 9.97 Å². The van der Waals surface area contributed by atoms with Crippen molar-refractivity contribution in [3.8, 4) is 6.01 Å². The topological polar surface area (TPSA) is 35.0 Å². The molecule has 0 aliphatic rings. The molecule has 6 heteroatoms. The fraction of sp³-hybridized carbons (Fsp3) is 0.500. The summed E-state index contributed by atoms with van der Waals surface area (Å²) >= 11 is 0. The predicted molar refractivity (Wildman–Crippen MR) is 43.1 cm³/mol. The van der Waals surface area contributed by atoms with Crippen LogP contribution >= 0.6 is 0 Å². The Morgan fingerprint density at radius 2 is 1.71 bits per heavy atom. The number of alkyl halides is 3. The number of halogens is 3. The lowest BCUT2D eigenvalue weighted by molar-refractivity contribution is -0.154. The van der Waals surface area contributed by atoms with Crippen LogP contribution in [0, 0.1) is 13.8 Å². The SMILES string of the molecule is Cc1cc(C)nc(OCC(F)(F)F)n1. The molecule has 0 atom stereocenters. The van der Waals surface area contributed by atoms with Crippen LogP contribution in [0.3, 0.4) is 0 Å². The van der Waals surface area contributed by atoms with Gasteiger partial charge in [0.15, 0.2) is 6.61 Å². The fourth-order valence-corrected chi connectivity index (χ4v) is 0.905. The van der Waals surface area contributed by atoms with Gasteiger partial charge < -0.3 is 4.74 Å². The second kappa shape index (κ2) is 3.81. The van der Waals surface area contributed by atoms with E-state index in [1.807, 2.05) is 0 Å². The van der Waals surface area contributed by atoms with Gasteiger partial charge in [-0.3, -0.25) is 0 Å². The second-order valence-electron chi connectivity index (χ2n) is 2.84. The van der Waals surface area contributed by atoms with Gasteiger partial charge in [0.05, 0.1) is 0 Å². The van der Waals surface area contributed by atoms with Gasteiger partial charge in [0.25, 0.3) is 0 Å². The first kappa shape index (κ1) is 10.7. The average molecular weight is 206 g/mol. The van der Waals surface area contributed by atoms with Crippen molar-refractivity contribution < 1.29 is 17.9 Å². The molecule has 78 valence electrons. The smallest absolute Gasteiger partial charge is 0.422 e. The van der Waals surface area contributed by atoms with Crippen LogP contribution in [0.15, 0.2) is 6.07 Å². The van der Waals surface area contributed by atoms with Crippen molar-refractivity contribution >= 4 is 0 Å². The molecule has 1 aromatic heterocycles. The van der Waals surface area contributed by atoms with Gasteiger partial charge in [0.1, 0.15) is 0 Å². The molecule has 1 aromatic rings. The largest absolute Gasteiger partial charge is 0.454 e. The monoisotopic (exact) mass is 206 g/mol. The second-order valence-corrected chi connectivity index (χ2v) is 2.84. The Morgan fingerprint density at radius 3 is 2.14 bits per heavy atom. The molecule has 1 rings (SSSR count). The Hall–Kier alpha value is -1.33. The summed E-state index contributed by atoms with van der Waals surface area (Å²) in [5.41, 5.74) is 1.16. The van der Waals surface area contributed by atoms with Crippen molar-refractivity contribution in [2.24, 2.45) is 0 Å². The molecule has 0 saturated heterocycles. The van der Waals surface area contributed by atoms with Gasteiger partial charge in [-0.25, -0.2) is 9.97 Å². The first-order chi connectivity index (χ1) is 6.37. The molecule has 3 nitrogen and oxygen atoms in total. The molecule has 0 aliphatic heterocycles. The number of rotatable bonds is 2. The number of aromatic nitrogens is 2. The first-order valence-electron chi connectivity index (χ1n) is 3.89. The standard InChI is InChI=1S/C8H9F3N2O/c1-5-3-6(2)13-7(12-5)14-4-8(9,10)11/h3H,4H2,1-2H3. The summed E-state index contributed by atoms with van der Waals surface area (Å²) in [6.45, 7) is 1.96. The van der Waals surface area contributed by atoms with Crippen molar-refractivity contribution in [2.45, 2.75) is 20.0 Å².